The summed E-state index contributed by atoms with van der Waals surface area (Å²) < 4.78 is 33.7. The average molecular weight is 491 g/mol. The predicted molar refractivity (Wildman–Crippen MR) is 138 cm³/mol. The Hall–Kier alpha value is -3.13. The lowest BCUT2D eigenvalue weighted by atomic mass is 9.79. The lowest BCUT2D eigenvalue weighted by Crippen LogP contribution is -2.25. The molecule has 1 heterocycles. The van der Waals surface area contributed by atoms with Gasteiger partial charge >= 0.3 is 10.3 Å². The summed E-state index contributed by atoms with van der Waals surface area (Å²) in [6.07, 6.45) is 4.18. The number of benzene rings is 3. The number of likely N-dealkylation sites (tertiary alicyclic amines) is 1. The topological polar surface area (TPSA) is 81.9 Å². The number of rotatable bonds is 8. The van der Waals surface area contributed by atoms with Crippen molar-refractivity contribution in [3.05, 3.63) is 95.1 Å². The van der Waals surface area contributed by atoms with E-state index in [1.54, 1.807) is 12.1 Å². The molecule has 7 heteroatoms. The molecule has 3 aromatic rings. The van der Waals surface area contributed by atoms with E-state index in [0.29, 0.717) is 6.61 Å². The zero-order valence-electron chi connectivity index (χ0n) is 19.7. The molecule has 1 aliphatic carbocycles. The summed E-state index contributed by atoms with van der Waals surface area (Å²) in [5, 5.41) is 5.07. The molecule has 0 saturated carbocycles. The molecular weight excluding hydrogens is 460 g/mol. The number of aryl methyl sites for hydroxylation is 1. The van der Waals surface area contributed by atoms with E-state index >= 15 is 0 Å². The molecule has 35 heavy (non-hydrogen) atoms. The zero-order valence-corrected chi connectivity index (χ0v) is 20.5. The van der Waals surface area contributed by atoms with Gasteiger partial charge in [0.25, 0.3) is 0 Å². The van der Waals surface area contributed by atoms with Crippen LogP contribution in [0.5, 0.6) is 11.5 Å². The van der Waals surface area contributed by atoms with Crippen molar-refractivity contribution in [2.24, 2.45) is 5.14 Å². The quantitative estimate of drug-likeness (QED) is 0.497. The van der Waals surface area contributed by atoms with E-state index in [9.17, 15) is 8.42 Å². The number of nitrogens with two attached hydrogens (primary N) is 1. The van der Waals surface area contributed by atoms with Crippen LogP contribution in [0.3, 0.4) is 0 Å². The average Bonchev–Trinajstić information content (AvgIpc) is 3.37. The number of allylic oxidation sites excluding steroid dienone is 1. The van der Waals surface area contributed by atoms with Gasteiger partial charge in [0.2, 0.25) is 0 Å². The summed E-state index contributed by atoms with van der Waals surface area (Å²) in [5.74, 6) is 1.10. The van der Waals surface area contributed by atoms with Gasteiger partial charge in [-0.2, -0.15) is 13.6 Å². The molecule has 0 radical (unpaired) electrons. The van der Waals surface area contributed by atoms with Crippen LogP contribution in [0.15, 0.2) is 72.8 Å². The Kier molecular flexibility index (Phi) is 6.90. The molecule has 5 rings (SSSR count). The van der Waals surface area contributed by atoms with Crippen molar-refractivity contribution < 1.29 is 17.3 Å². The molecular formula is C28H30N2O4S. The molecule has 0 unspecified atom stereocenters. The lowest BCUT2D eigenvalue weighted by Gasteiger charge is -2.25. The van der Waals surface area contributed by atoms with E-state index < -0.39 is 10.3 Å². The normalized spacial score (nSPS) is 16.3. The van der Waals surface area contributed by atoms with Crippen LogP contribution in [0.4, 0.5) is 0 Å². The van der Waals surface area contributed by atoms with Crippen LogP contribution in [0.1, 0.15) is 41.5 Å². The van der Waals surface area contributed by atoms with Crippen LogP contribution in [0.25, 0.3) is 11.1 Å². The van der Waals surface area contributed by atoms with Gasteiger partial charge < -0.3 is 8.92 Å². The van der Waals surface area contributed by atoms with Crippen molar-refractivity contribution in [1.82, 2.24) is 4.90 Å². The Labute approximate surface area is 207 Å². The highest BCUT2D eigenvalue weighted by Gasteiger charge is 2.23. The SMILES string of the molecule is NS(=O)(=O)Oc1ccc2c(c1)CCC(c1ccccc1)=C2c1ccc(OCCN2CCCC2)cc1. The molecule has 2 N–H and O–H groups in total. The molecule has 0 amide bonds. The van der Waals surface area contributed by atoms with Crippen LogP contribution < -0.4 is 14.1 Å². The summed E-state index contributed by atoms with van der Waals surface area (Å²) >= 11 is 0. The summed E-state index contributed by atoms with van der Waals surface area (Å²) in [5.41, 5.74) is 6.79. The maximum Gasteiger partial charge on any atom is 0.380 e. The first-order valence-electron chi connectivity index (χ1n) is 12.1. The molecule has 182 valence electrons. The number of nitrogens with zero attached hydrogens (tertiary/aromatic N) is 1. The highest BCUT2D eigenvalue weighted by molar-refractivity contribution is 7.84. The Morgan fingerprint density at radius 2 is 1.54 bits per heavy atom. The van der Waals surface area contributed by atoms with Crippen LogP contribution in [-0.4, -0.2) is 39.6 Å². The molecule has 1 fully saturated rings. The summed E-state index contributed by atoms with van der Waals surface area (Å²) in [6.45, 7) is 3.98. The van der Waals surface area contributed by atoms with Crippen molar-refractivity contribution in [1.29, 1.82) is 0 Å². The van der Waals surface area contributed by atoms with Crippen molar-refractivity contribution in [2.75, 3.05) is 26.2 Å². The molecule has 1 aliphatic heterocycles. The van der Waals surface area contributed by atoms with E-state index in [0.717, 1.165) is 47.4 Å². The lowest BCUT2D eigenvalue weighted by molar-refractivity contribution is 0.238. The molecule has 0 atom stereocenters. The largest absolute Gasteiger partial charge is 0.492 e. The van der Waals surface area contributed by atoms with Gasteiger partial charge in [0.15, 0.2) is 0 Å². The Balaban J connectivity index is 1.45. The van der Waals surface area contributed by atoms with Gasteiger partial charge in [-0.15, -0.1) is 0 Å². The van der Waals surface area contributed by atoms with Crippen molar-refractivity contribution in [3.63, 3.8) is 0 Å². The first-order valence-corrected chi connectivity index (χ1v) is 13.5. The molecule has 1 saturated heterocycles. The Morgan fingerprint density at radius 1 is 0.829 bits per heavy atom. The third-order valence-corrected chi connectivity index (χ3v) is 7.07. The maximum atomic E-state index is 11.4. The van der Waals surface area contributed by atoms with E-state index in [1.807, 2.05) is 24.3 Å². The predicted octanol–water partition coefficient (Wildman–Crippen LogP) is 4.65. The van der Waals surface area contributed by atoms with Gasteiger partial charge in [-0.3, -0.25) is 4.90 Å². The van der Waals surface area contributed by atoms with E-state index in [4.69, 9.17) is 14.1 Å². The van der Waals surface area contributed by atoms with Crippen molar-refractivity contribution >= 4 is 21.5 Å². The number of hydrogen-bond acceptors (Lipinski definition) is 5. The van der Waals surface area contributed by atoms with E-state index in [2.05, 4.69) is 41.3 Å². The first-order chi connectivity index (χ1) is 17.0. The zero-order chi connectivity index (χ0) is 24.3. The summed E-state index contributed by atoms with van der Waals surface area (Å²) in [7, 11) is -4.07. The minimum absolute atomic E-state index is 0.232. The highest BCUT2D eigenvalue weighted by atomic mass is 32.2. The van der Waals surface area contributed by atoms with E-state index in [1.165, 1.54) is 37.1 Å². The fourth-order valence-electron chi connectivity index (χ4n) is 5.03. The standard InChI is InChI=1S/C28H30N2O4S/c29-35(31,32)34-25-13-15-27-23(20-25)10-14-26(21-6-2-1-3-7-21)28(27)22-8-11-24(12-9-22)33-19-18-30-16-4-5-17-30/h1-3,6-9,11-13,15,20H,4-5,10,14,16-19H2,(H2,29,31,32). The molecule has 3 aromatic carbocycles. The smallest absolute Gasteiger partial charge is 0.380 e. The van der Waals surface area contributed by atoms with Gasteiger partial charge in [0.05, 0.1) is 0 Å². The second kappa shape index (κ2) is 10.2. The van der Waals surface area contributed by atoms with Gasteiger partial charge in [-0.05, 0) is 96.4 Å². The monoisotopic (exact) mass is 490 g/mol. The molecule has 0 spiro atoms. The number of hydrogen-bond donors (Lipinski definition) is 1. The first kappa shape index (κ1) is 23.6. The van der Waals surface area contributed by atoms with Crippen LogP contribution >= 0.6 is 0 Å². The summed E-state index contributed by atoms with van der Waals surface area (Å²) in [4.78, 5) is 2.44. The number of fused-ring (bicyclic) bond motifs is 1. The van der Waals surface area contributed by atoms with Crippen LogP contribution in [-0.2, 0) is 16.7 Å². The van der Waals surface area contributed by atoms with Gasteiger partial charge in [-0.25, -0.2) is 0 Å². The minimum atomic E-state index is -4.07. The number of ether oxygens (including phenoxy) is 1. The second-order valence-electron chi connectivity index (χ2n) is 9.04. The van der Waals surface area contributed by atoms with Gasteiger partial charge in [0.1, 0.15) is 18.1 Å². The summed E-state index contributed by atoms with van der Waals surface area (Å²) in [6, 6.07) is 24.0. The Bertz CT molecular complexity index is 1310. The van der Waals surface area contributed by atoms with Gasteiger partial charge in [0, 0.05) is 6.54 Å². The third-order valence-electron chi connectivity index (χ3n) is 6.64. The van der Waals surface area contributed by atoms with Crippen LogP contribution in [0, 0.1) is 0 Å². The van der Waals surface area contributed by atoms with Crippen molar-refractivity contribution in [2.45, 2.75) is 25.7 Å². The van der Waals surface area contributed by atoms with Gasteiger partial charge in [-0.1, -0.05) is 48.5 Å². The molecule has 6 nitrogen and oxygen atoms in total. The molecule has 0 aromatic heterocycles. The van der Waals surface area contributed by atoms with Crippen molar-refractivity contribution in [3.8, 4) is 11.5 Å². The Morgan fingerprint density at radius 3 is 2.26 bits per heavy atom. The molecule has 2 aliphatic rings. The second-order valence-corrected chi connectivity index (χ2v) is 10.2. The fraction of sp³-hybridized carbons (Fsp3) is 0.286. The molecule has 0 bridgehead atoms. The highest BCUT2D eigenvalue weighted by Crippen LogP contribution is 2.42. The van der Waals surface area contributed by atoms with E-state index in [-0.39, 0.29) is 5.75 Å². The fourth-order valence-corrected chi connectivity index (χ4v) is 5.40. The minimum Gasteiger partial charge on any atom is -0.492 e. The maximum absolute atomic E-state index is 11.4. The third kappa shape index (κ3) is 5.75. The van der Waals surface area contributed by atoms with Crippen LogP contribution in [0.2, 0.25) is 0 Å².